The molecule has 3 rings (SSSR count). The van der Waals surface area contributed by atoms with E-state index in [2.05, 4.69) is 52.7 Å². The molecule has 0 aliphatic carbocycles. The van der Waals surface area contributed by atoms with Crippen LogP contribution in [0.5, 0.6) is 0 Å². The molecule has 26 heavy (non-hydrogen) atoms. The summed E-state index contributed by atoms with van der Waals surface area (Å²) in [5.74, 6) is 0. The number of rotatable bonds is 7. The standard InChI is InChI=1S/C22H32N4/c1-4-13-25-14-9-20(10-15-25)26(16-21-18(2)7-5-11-23-21)17-22-19(3)8-6-12-24-22/h5-8,11-12,20H,4,9-10,13-17H2,1-3H3. The molecule has 4 heteroatoms. The molecule has 0 unspecified atom stereocenters. The Labute approximate surface area is 158 Å². The average Bonchev–Trinajstić information content (AvgIpc) is 2.65. The first-order valence-electron chi connectivity index (χ1n) is 9.94. The fourth-order valence-corrected chi connectivity index (χ4v) is 3.89. The SMILES string of the molecule is CCCN1CCC(N(Cc2ncccc2C)Cc2ncccc2C)CC1. The molecule has 2 aromatic heterocycles. The van der Waals surface area contributed by atoms with E-state index in [1.807, 2.05) is 24.5 Å². The van der Waals surface area contributed by atoms with E-state index in [4.69, 9.17) is 0 Å². The zero-order valence-corrected chi connectivity index (χ0v) is 16.5. The first-order valence-corrected chi connectivity index (χ1v) is 9.94. The van der Waals surface area contributed by atoms with Gasteiger partial charge < -0.3 is 4.90 Å². The molecule has 4 nitrogen and oxygen atoms in total. The van der Waals surface area contributed by atoms with Gasteiger partial charge in [-0.3, -0.25) is 14.9 Å². The highest BCUT2D eigenvalue weighted by Gasteiger charge is 2.25. The molecule has 3 heterocycles. The van der Waals surface area contributed by atoms with E-state index < -0.39 is 0 Å². The molecule has 2 aromatic rings. The lowest BCUT2D eigenvalue weighted by Gasteiger charge is -2.38. The minimum Gasteiger partial charge on any atom is -0.303 e. The maximum Gasteiger partial charge on any atom is 0.0573 e. The first kappa shape index (κ1) is 19.0. The number of nitrogens with zero attached hydrogens (tertiary/aromatic N) is 4. The lowest BCUT2D eigenvalue weighted by atomic mass is 10.0. The van der Waals surface area contributed by atoms with E-state index in [-0.39, 0.29) is 0 Å². The molecule has 0 aromatic carbocycles. The Morgan fingerprint density at radius 3 is 1.96 bits per heavy atom. The van der Waals surface area contributed by atoms with E-state index in [1.54, 1.807) is 0 Å². The van der Waals surface area contributed by atoms with E-state index in [0.29, 0.717) is 6.04 Å². The van der Waals surface area contributed by atoms with Crippen LogP contribution in [0, 0.1) is 13.8 Å². The number of aryl methyl sites for hydroxylation is 2. The van der Waals surface area contributed by atoms with Gasteiger partial charge in [0.25, 0.3) is 0 Å². The maximum atomic E-state index is 4.65. The number of piperidine rings is 1. The van der Waals surface area contributed by atoms with Crippen LogP contribution in [0.25, 0.3) is 0 Å². The van der Waals surface area contributed by atoms with Crippen molar-refractivity contribution in [3.05, 3.63) is 59.2 Å². The Balaban J connectivity index is 1.75. The van der Waals surface area contributed by atoms with Crippen molar-refractivity contribution >= 4 is 0 Å². The van der Waals surface area contributed by atoms with Gasteiger partial charge in [-0.05, 0) is 76.0 Å². The van der Waals surface area contributed by atoms with E-state index in [0.717, 1.165) is 13.1 Å². The third-order valence-electron chi connectivity index (χ3n) is 5.55. The van der Waals surface area contributed by atoms with Crippen molar-refractivity contribution in [1.82, 2.24) is 19.8 Å². The minimum absolute atomic E-state index is 0.603. The smallest absolute Gasteiger partial charge is 0.0573 e. The summed E-state index contributed by atoms with van der Waals surface area (Å²) in [5, 5.41) is 0. The van der Waals surface area contributed by atoms with Gasteiger partial charge in [0.05, 0.1) is 11.4 Å². The van der Waals surface area contributed by atoms with E-state index >= 15 is 0 Å². The topological polar surface area (TPSA) is 32.3 Å². The molecule has 1 aliphatic heterocycles. The van der Waals surface area contributed by atoms with Crippen LogP contribution in [-0.4, -0.2) is 45.4 Å². The number of likely N-dealkylation sites (tertiary alicyclic amines) is 1. The monoisotopic (exact) mass is 352 g/mol. The number of hydrogen-bond acceptors (Lipinski definition) is 4. The third-order valence-corrected chi connectivity index (χ3v) is 5.55. The van der Waals surface area contributed by atoms with Crippen LogP contribution in [0.15, 0.2) is 36.7 Å². The molecular formula is C22H32N4. The number of pyridine rings is 2. The van der Waals surface area contributed by atoms with Gasteiger partial charge in [-0.1, -0.05) is 19.1 Å². The van der Waals surface area contributed by atoms with Gasteiger partial charge in [0.15, 0.2) is 0 Å². The summed E-state index contributed by atoms with van der Waals surface area (Å²) in [6.07, 6.45) is 7.54. The highest BCUT2D eigenvalue weighted by Crippen LogP contribution is 2.22. The molecular weight excluding hydrogens is 320 g/mol. The van der Waals surface area contributed by atoms with Crippen LogP contribution in [0.1, 0.15) is 48.7 Å². The fourth-order valence-electron chi connectivity index (χ4n) is 3.89. The number of aromatic nitrogens is 2. The summed E-state index contributed by atoms with van der Waals surface area (Å²) < 4.78 is 0. The molecule has 1 saturated heterocycles. The molecule has 0 spiro atoms. The number of hydrogen-bond donors (Lipinski definition) is 0. The Kier molecular flexibility index (Phi) is 6.75. The molecule has 1 aliphatic rings. The molecule has 0 atom stereocenters. The molecule has 1 fully saturated rings. The van der Waals surface area contributed by atoms with Crippen LogP contribution in [0.4, 0.5) is 0 Å². The molecule has 140 valence electrons. The van der Waals surface area contributed by atoms with Crippen LogP contribution < -0.4 is 0 Å². The van der Waals surface area contributed by atoms with Gasteiger partial charge in [-0.25, -0.2) is 0 Å². The van der Waals surface area contributed by atoms with E-state index in [1.165, 1.54) is 61.4 Å². The van der Waals surface area contributed by atoms with Gasteiger partial charge in [-0.2, -0.15) is 0 Å². The van der Waals surface area contributed by atoms with Gasteiger partial charge in [0, 0.05) is 31.5 Å². The van der Waals surface area contributed by atoms with Gasteiger partial charge in [-0.15, -0.1) is 0 Å². The average molecular weight is 353 g/mol. The Morgan fingerprint density at radius 2 is 1.50 bits per heavy atom. The Hall–Kier alpha value is -1.78. The van der Waals surface area contributed by atoms with Crippen LogP contribution in [0.3, 0.4) is 0 Å². The molecule has 0 saturated carbocycles. The summed E-state index contributed by atoms with van der Waals surface area (Å²) >= 11 is 0. The summed E-state index contributed by atoms with van der Waals surface area (Å²) in [4.78, 5) is 14.5. The van der Waals surface area contributed by atoms with Gasteiger partial charge in [0.2, 0.25) is 0 Å². The van der Waals surface area contributed by atoms with Crippen LogP contribution >= 0.6 is 0 Å². The molecule has 0 N–H and O–H groups in total. The summed E-state index contributed by atoms with van der Waals surface area (Å²) in [6.45, 7) is 12.0. The normalized spacial score (nSPS) is 16.3. The predicted molar refractivity (Wildman–Crippen MR) is 107 cm³/mol. The molecule has 0 radical (unpaired) electrons. The second-order valence-electron chi connectivity index (χ2n) is 7.51. The van der Waals surface area contributed by atoms with Crippen molar-refractivity contribution in [2.24, 2.45) is 0 Å². The van der Waals surface area contributed by atoms with Crippen molar-refractivity contribution < 1.29 is 0 Å². The fraction of sp³-hybridized carbons (Fsp3) is 0.545. The van der Waals surface area contributed by atoms with Crippen LogP contribution in [0.2, 0.25) is 0 Å². The quantitative estimate of drug-likeness (QED) is 0.755. The Morgan fingerprint density at radius 1 is 0.962 bits per heavy atom. The molecule has 0 amide bonds. The second-order valence-corrected chi connectivity index (χ2v) is 7.51. The molecule has 0 bridgehead atoms. The summed E-state index contributed by atoms with van der Waals surface area (Å²) in [6, 6.07) is 8.98. The van der Waals surface area contributed by atoms with Gasteiger partial charge >= 0.3 is 0 Å². The highest BCUT2D eigenvalue weighted by atomic mass is 15.2. The second kappa shape index (κ2) is 9.24. The third kappa shape index (κ3) is 4.89. The summed E-state index contributed by atoms with van der Waals surface area (Å²) in [7, 11) is 0. The zero-order chi connectivity index (χ0) is 18.4. The predicted octanol–water partition coefficient (Wildman–Crippen LogP) is 3.97. The van der Waals surface area contributed by atoms with Crippen molar-refractivity contribution in [2.75, 3.05) is 19.6 Å². The van der Waals surface area contributed by atoms with E-state index in [9.17, 15) is 0 Å². The van der Waals surface area contributed by atoms with Crippen molar-refractivity contribution in [1.29, 1.82) is 0 Å². The van der Waals surface area contributed by atoms with Crippen molar-refractivity contribution in [3.63, 3.8) is 0 Å². The zero-order valence-electron chi connectivity index (χ0n) is 16.5. The van der Waals surface area contributed by atoms with Crippen LogP contribution in [-0.2, 0) is 13.1 Å². The van der Waals surface area contributed by atoms with Gasteiger partial charge in [0.1, 0.15) is 0 Å². The summed E-state index contributed by atoms with van der Waals surface area (Å²) in [5.41, 5.74) is 4.94. The minimum atomic E-state index is 0.603. The van der Waals surface area contributed by atoms with Crippen molar-refractivity contribution in [2.45, 2.75) is 59.2 Å². The maximum absolute atomic E-state index is 4.65. The van der Waals surface area contributed by atoms with Crippen molar-refractivity contribution in [3.8, 4) is 0 Å². The lowest BCUT2D eigenvalue weighted by Crippen LogP contribution is -2.44. The highest BCUT2D eigenvalue weighted by molar-refractivity contribution is 5.20. The lowest BCUT2D eigenvalue weighted by molar-refractivity contribution is 0.0943. The first-order chi connectivity index (χ1) is 12.7. The largest absolute Gasteiger partial charge is 0.303 e. The Bertz CT molecular complexity index is 645.